The van der Waals surface area contributed by atoms with E-state index < -0.39 is 42.9 Å². The fourth-order valence-electron chi connectivity index (χ4n) is 2.91. The van der Waals surface area contributed by atoms with Crippen LogP contribution in [0.3, 0.4) is 0 Å². The molecule has 0 aromatic heterocycles. The van der Waals surface area contributed by atoms with E-state index in [-0.39, 0.29) is 29.4 Å². The van der Waals surface area contributed by atoms with Crippen molar-refractivity contribution in [3.8, 4) is 5.75 Å². The van der Waals surface area contributed by atoms with Crippen LogP contribution in [0.2, 0.25) is 0 Å². The number of nitrogens with zero attached hydrogens (tertiary/aromatic N) is 2. The molecule has 0 spiro atoms. The van der Waals surface area contributed by atoms with Gasteiger partial charge in [-0.3, -0.25) is 24.6 Å². The largest absolute Gasteiger partial charge is 0.461 e. The second-order valence-electron chi connectivity index (χ2n) is 6.60. The van der Waals surface area contributed by atoms with Crippen LogP contribution >= 0.6 is 11.8 Å². The molecule has 2 aliphatic rings. The SMILES string of the molecule is CC(=O)OCC1=C(S(=O)(=O)Oc2ccc([N+](=O)[O-])cc2)N2C(=O)[C@@](C)(N)[C@@H]2SC1. The Balaban J connectivity index is 1.97. The van der Waals surface area contributed by atoms with Gasteiger partial charge >= 0.3 is 16.1 Å². The van der Waals surface area contributed by atoms with Gasteiger partial charge in [-0.1, -0.05) is 0 Å². The average Bonchev–Trinajstić information content (AvgIpc) is 2.65. The Hall–Kier alpha value is -2.64. The van der Waals surface area contributed by atoms with E-state index in [1.54, 1.807) is 0 Å². The quantitative estimate of drug-likeness (QED) is 0.218. The Morgan fingerprint density at radius 2 is 2.03 bits per heavy atom. The number of thioether (sulfide) groups is 1. The van der Waals surface area contributed by atoms with Gasteiger partial charge in [-0.15, -0.1) is 11.8 Å². The molecule has 0 unspecified atom stereocenters. The number of nitrogens with two attached hydrogens (primary N) is 1. The summed E-state index contributed by atoms with van der Waals surface area (Å²) in [6.07, 6.45) is 0. The number of ether oxygens (including phenoxy) is 1. The van der Waals surface area contributed by atoms with E-state index in [9.17, 15) is 28.1 Å². The Bertz CT molecular complexity index is 1020. The zero-order chi connectivity index (χ0) is 21.6. The van der Waals surface area contributed by atoms with Gasteiger partial charge in [-0.2, -0.15) is 8.42 Å². The molecule has 1 aromatic carbocycles. The number of fused-ring (bicyclic) bond motifs is 1. The predicted octanol–water partition coefficient (Wildman–Crippen LogP) is 0.711. The maximum Gasteiger partial charge on any atom is 0.355 e. The van der Waals surface area contributed by atoms with Crippen molar-refractivity contribution in [1.82, 2.24) is 4.90 Å². The third kappa shape index (κ3) is 3.80. The van der Waals surface area contributed by atoms with Crippen molar-refractivity contribution in [2.45, 2.75) is 24.8 Å². The molecule has 1 saturated heterocycles. The van der Waals surface area contributed by atoms with Crippen molar-refractivity contribution in [2.24, 2.45) is 5.73 Å². The summed E-state index contributed by atoms with van der Waals surface area (Å²) in [5.41, 5.74) is 4.66. The van der Waals surface area contributed by atoms with Crippen molar-refractivity contribution in [3.05, 3.63) is 45.0 Å². The number of amides is 1. The minimum Gasteiger partial charge on any atom is -0.461 e. The molecule has 13 heteroatoms. The molecule has 2 aliphatic heterocycles. The zero-order valence-electron chi connectivity index (χ0n) is 15.4. The lowest BCUT2D eigenvalue weighted by atomic mass is 9.91. The number of β-lactam (4-membered cyclic amide) rings is 1. The number of nitro benzene ring substituents is 1. The second kappa shape index (κ2) is 7.31. The topological polar surface area (TPSA) is 159 Å². The molecule has 0 bridgehead atoms. The van der Waals surface area contributed by atoms with E-state index in [2.05, 4.69) is 0 Å². The van der Waals surface area contributed by atoms with Gasteiger partial charge in [0.05, 0.1) is 4.92 Å². The molecule has 0 radical (unpaired) electrons. The lowest BCUT2D eigenvalue weighted by molar-refractivity contribution is -0.384. The van der Waals surface area contributed by atoms with Gasteiger partial charge in [0.2, 0.25) is 0 Å². The van der Waals surface area contributed by atoms with Crippen LogP contribution in [0.15, 0.2) is 34.9 Å². The molecule has 3 rings (SSSR count). The number of esters is 1. The van der Waals surface area contributed by atoms with Crippen LogP contribution in [-0.4, -0.2) is 53.4 Å². The number of hydrogen-bond acceptors (Lipinski definition) is 10. The van der Waals surface area contributed by atoms with Gasteiger partial charge in [0.25, 0.3) is 11.6 Å². The van der Waals surface area contributed by atoms with E-state index in [4.69, 9.17) is 14.7 Å². The number of non-ortho nitro benzene ring substituents is 1. The number of hydrogen-bond donors (Lipinski definition) is 1. The van der Waals surface area contributed by atoms with Crippen molar-refractivity contribution < 1.29 is 31.9 Å². The molecular formula is C16H17N3O8S2. The third-order valence-corrected chi connectivity index (χ3v) is 7.21. The fourth-order valence-corrected chi connectivity index (χ4v) is 5.80. The predicted molar refractivity (Wildman–Crippen MR) is 102 cm³/mol. The van der Waals surface area contributed by atoms with Crippen molar-refractivity contribution in [3.63, 3.8) is 0 Å². The molecule has 0 saturated carbocycles. The maximum absolute atomic E-state index is 13.0. The molecule has 2 atom stereocenters. The number of carbonyl (C=O) groups excluding carboxylic acids is 2. The van der Waals surface area contributed by atoms with E-state index in [0.717, 1.165) is 29.2 Å². The molecule has 29 heavy (non-hydrogen) atoms. The summed E-state index contributed by atoms with van der Waals surface area (Å²) < 4.78 is 36.0. The minimum atomic E-state index is -4.53. The average molecular weight is 443 g/mol. The molecule has 0 aliphatic carbocycles. The Morgan fingerprint density at radius 1 is 1.41 bits per heavy atom. The first kappa shape index (κ1) is 21.1. The second-order valence-corrected chi connectivity index (χ2v) is 9.13. The van der Waals surface area contributed by atoms with Crippen LogP contribution in [0.25, 0.3) is 0 Å². The Morgan fingerprint density at radius 3 is 2.59 bits per heavy atom. The van der Waals surface area contributed by atoms with E-state index in [1.807, 2.05) is 0 Å². The van der Waals surface area contributed by atoms with E-state index in [0.29, 0.717) is 0 Å². The smallest absolute Gasteiger partial charge is 0.355 e. The van der Waals surface area contributed by atoms with Gasteiger partial charge in [-0.05, 0) is 19.1 Å². The molecule has 11 nitrogen and oxygen atoms in total. The van der Waals surface area contributed by atoms with Crippen LogP contribution < -0.4 is 9.92 Å². The van der Waals surface area contributed by atoms with Crippen LogP contribution in [0.4, 0.5) is 5.69 Å². The van der Waals surface area contributed by atoms with Gasteiger partial charge in [0.1, 0.15) is 23.3 Å². The molecule has 1 amide bonds. The lowest BCUT2D eigenvalue weighted by Gasteiger charge is -2.54. The van der Waals surface area contributed by atoms with Crippen molar-refractivity contribution >= 4 is 39.4 Å². The molecule has 156 valence electrons. The summed E-state index contributed by atoms with van der Waals surface area (Å²) in [7, 11) is -4.53. The number of rotatable bonds is 6. The number of nitro groups is 1. The highest BCUT2D eigenvalue weighted by Gasteiger charge is 2.61. The first-order valence-electron chi connectivity index (χ1n) is 8.23. The van der Waals surface area contributed by atoms with E-state index in [1.165, 1.54) is 25.6 Å². The summed E-state index contributed by atoms with van der Waals surface area (Å²) in [4.78, 5) is 34.8. The normalized spacial score (nSPS) is 23.9. The first-order chi connectivity index (χ1) is 13.4. The zero-order valence-corrected chi connectivity index (χ0v) is 17.0. The van der Waals surface area contributed by atoms with Gasteiger partial charge in [0.15, 0.2) is 5.03 Å². The van der Waals surface area contributed by atoms with E-state index >= 15 is 0 Å². The molecule has 2 N–H and O–H groups in total. The molecule has 1 aromatic rings. The summed E-state index contributed by atoms with van der Waals surface area (Å²) in [6.45, 7) is 2.34. The Labute approximate surface area is 170 Å². The third-order valence-electron chi connectivity index (χ3n) is 4.30. The minimum absolute atomic E-state index is 0.159. The van der Waals surface area contributed by atoms with Crippen molar-refractivity contribution in [1.29, 1.82) is 0 Å². The molecule has 2 heterocycles. The monoisotopic (exact) mass is 443 g/mol. The van der Waals surface area contributed by atoms with Gasteiger partial charge in [-0.25, -0.2) is 0 Å². The highest BCUT2D eigenvalue weighted by Crippen LogP contribution is 2.46. The van der Waals surface area contributed by atoms with Crippen molar-refractivity contribution in [2.75, 3.05) is 12.4 Å². The number of carbonyl (C=O) groups is 2. The standard InChI is InChI=1S/C16H17N3O8S2/c1-9(20)26-7-10-8-28-15-16(2,17)14(21)18(15)13(10)29(24,25)27-12-5-3-11(4-6-12)19(22)23/h3-6,15H,7-8,17H2,1-2H3/t15-,16+/m0/s1. The first-order valence-corrected chi connectivity index (χ1v) is 10.7. The number of benzene rings is 1. The van der Waals surface area contributed by atoms with Gasteiger partial charge < -0.3 is 14.7 Å². The maximum atomic E-state index is 13.0. The summed E-state index contributed by atoms with van der Waals surface area (Å²) >= 11 is 1.25. The summed E-state index contributed by atoms with van der Waals surface area (Å²) in [5.74, 6) is -1.24. The molecule has 1 fully saturated rings. The van der Waals surface area contributed by atoms with Crippen LogP contribution in [0, 0.1) is 10.1 Å². The summed E-state index contributed by atoms with van der Waals surface area (Å²) in [5, 5.41) is 9.69. The lowest BCUT2D eigenvalue weighted by Crippen LogP contribution is -2.76. The Kier molecular flexibility index (Phi) is 5.32. The highest BCUT2D eigenvalue weighted by molar-refractivity contribution is 8.00. The fraction of sp³-hybridized carbons (Fsp3) is 0.375. The van der Waals surface area contributed by atoms with Crippen LogP contribution in [0.5, 0.6) is 5.75 Å². The van der Waals surface area contributed by atoms with Gasteiger partial charge in [0, 0.05) is 30.4 Å². The van der Waals surface area contributed by atoms with Crippen LogP contribution in [-0.2, 0) is 24.4 Å². The highest BCUT2D eigenvalue weighted by atomic mass is 32.2. The molecular weight excluding hydrogens is 426 g/mol. The van der Waals surface area contributed by atoms with Crippen LogP contribution in [0.1, 0.15) is 13.8 Å². The summed E-state index contributed by atoms with van der Waals surface area (Å²) in [6, 6.07) is 4.43.